The first-order chi connectivity index (χ1) is 9.72. The standard InChI is InChI=1S/C17H20N2O/c1-3-4-12-19(2)17(20)15-10-11-16(18-13-15)14-8-6-5-7-9-14/h5-11,13H,3-4,12H2,1-2H3. The van der Waals surface area contributed by atoms with Crippen LogP contribution in [-0.4, -0.2) is 29.4 Å². The Bertz CT molecular complexity index is 549. The van der Waals surface area contributed by atoms with Crippen LogP contribution in [0.1, 0.15) is 30.1 Å². The number of pyridine rings is 1. The van der Waals surface area contributed by atoms with E-state index < -0.39 is 0 Å². The van der Waals surface area contributed by atoms with Gasteiger partial charge in [0, 0.05) is 25.4 Å². The van der Waals surface area contributed by atoms with E-state index in [-0.39, 0.29) is 5.91 Å². The number of amides is 1. The molecule has 20 heavy (non-hydrogen) atoms. The summed E-state index contributed by atoms with van der Waals surface area (Å²) in [6.07, 6.45) is 3.77. The molecule has 104 valence electrons. The molecule has 0 saturated heterocycles. The lowest BCUT2D eigenvalue weighted by atomic mass is 10.1. The summed E-state index contributed by atoms with van der Waals surface area (Å²) in [4.78, 5) is 18.3. The molecular formula is C17H20N2O. The van der Waals surface area contributed by atoms with Gasteiger partial charge in [-0.3, -0.25) is 9.78 Å². The van der Waals surface area contributed by atoms with Gasteiger partial charge in [-0.1, -0.05) is 43.7 Å². The first-order valence-electron chi connectivity index (χ1n) is 6.99. The summed E-state index contributed by atoms with van der Waals surface area (Å²) in [7, 11) is 1.84. The number of carbonyl (C=O) groups excluding carboxylic acids is 1. The van der Waals surface area contributed by atoms with Gasteiger partial charge in [0.05, 0.1) is 11.3 Å². The second-order valence-electron chi connectivity index (χ2n) is 4.88. The SMILES string of the molecule is CCCCN(C)C(=O)c1ccc(-c2ccccc2)nc1. The van der Waals surface area contributed by atoms with Crippen molar-refractivity contribution in [2.75, 3.05) is 13.6 Å². The average Bonchev–Trinajstić information content (AvgIpc) is 2.53. The summed E-state index contributed by atoms with van der Waals surface area (Å²) in [6, 6.07) is 13.7. The Kier molecular flexibility index (Phi) is 4.88. The van der Waals surface area contributed by atoms with Gasteiger partial charge in [0.15, 0.2) is 0 Å². The Morgan fingerprint density at radius 3 is 2.50 bits per heavy atom. The minimum absolute atomic E-state index is 0.0329. The summed E-state index contributed by atoms with van der Waals surface area (Å²) in [5.41, 5.74) is 2.59. The number of hydrogen-bond donors (Lipinski definition) is 0. The number of carbonyl (C=O) groups is 1. The van der Waals surface area contributed by atoms with Crippen LogP contribution in [0.15, 0.2) is 48.7 Å². The maximum atomic E-state index is 12.2. The van der Waals surface area contributed by atoms with Gasteiger partial charge in [-0.25, -0.2) is 0 Å². The lowest BCUT2D eigenvalue weighted by Gasteiger charge is -2.16. The molecule has 3 heteroatoms. The number of unbranched alkanes of at least 4 members (excludes halogenated alkanes) is 1. The summed E-state index contributed by atoms with van der Waals surface area (Å²) < 4.78 is 0. The zero-order chi connectivity index (χ0) is 14.4. The van der Waals surface area contributed by atoms with E-state index in [1.807, 2.05) is 49.5 Å². The van der Waals surface area contributed by atoms with Gasteiger partial charge in [0.1, 0.15) is 0 Å². The van der Waals surface area contributed by atoms with Crippen molar-refractivity contribution < 1.29 is 4.79 Å². The molecule has 0 saturated carbocycles. The van der Waals surface area contributed by atoms with Crippen molar-refractivity contribution in [2.24, 2.45) is 0 Å². The van der Waals surface area contributed by atoms with Crippen molar-refractivity contribution >= 4 is 5.91 Å². The van der Waals surface area contributed by atoms with Gasteiger partial charge in [-0.2, -0.15) is 0 Å². The quantitative estimate of drug-likeness (QED) is 0.829. The van der Waals surface area contributed by atoms with Crippen LogP contribution >= 0.6 is 0 Å². The molecule has 0 radical (unpaired) electrons. The van der Waals surface area contributed by atoms with E-state index in [2.05, 4.69) is 11.9 Å². The third-order valence-electron chi connectivity index (χ3n) is 3.27. The Morgan fingerprint density at radius 1 is 1.15 bits per heavy atom. The summed E-state index contributed by atoms with van der Waals surface area (Å²) in [5, 5.41) is 0. The second kappa shape index (κ2) is 6.85. The smallest absolute Gasteiger partial charge is 0.255 e. The van der Waals surface area contributed by atoms with Gasteiger partial charge in [0.25, 0.3) is 5.91 Å². The van der Waals surface area contributed by atoms with Gasteiger partial charge in [-0.05, 0) is 18.6 Å². The van der Waals surface area contributed by atoms with Gasteiger partial charge >= 0.3 is 0 Å². The molecule has 1 aromatic carbocycles. The van der Waals surface area contributed by atoms with Crippen LogP contribution in [-0.2, 0) is 0 Å². The van der Waals surface area contributed by atoms with Crippen LogP contribution in [0.3, 0.4) is 0 Å². The average molecular weight is 268 g/mol. The van der Waals surface area contributed by atoms with Crippen molar-refractivity contribution in [3.05, 3.63) is 54.2 Å². The molecule has 0 aliphatic carbocycles. The number of hydrogen-bond acceptors (Lipinski definition) is 2. The number of nitrogens with zero attached hydrogens (tertiary/aromatic N) is 2. The fraction of sp³-hybridized carbons (Fsp3) is 0.294. The maximum Gasteiger partial charge on any atom is 0.255 e. The molecular weight excluding hydrogens is 248 g/mol. The molecule has 1 aromatic heterocycles. The monoisotopic (exact) mass is 268 g/mol. The topological polar surface area (TPSA) is 33.2 Å². The van der Waals surface area contributed by atoms with Crippen LogP contribution in [0.25, 0.3) is 11.3 Å². The third-order valence-corrected chi connectivity index (χ3v) is 3.27. The molecule has 0 N–H and O–H groups in total. The fourth-order valence-electron chi connectivity index (χ4n) is 2.02. The second-order valence-corrected chi connectivity index (χ2v) is 4.88. The first kappa shape index (κ1) is 14.3. The van der Waals surface area contributed by atoms with Crippen LogP contribution in [0.5, 0.6) is 0 Å². The highest BCUT2D eigenvalue weighted by molar-refractivity contribution is 5.94. The highest BCUT2D eigenvalue weighted by atomic mass is 16.2. The molecule has 1 heterocycles. The van der Waals surface area contributed by atoms with Gasteiger partial charge in [-0.15, -0.1) is 0 Å². The molecule has 1 amide bonds. The van der Waals surface area contributed by atoms with E-state index in [0.717, 1.165) is 30.6 Å². The Hall–Kier alpha value is -2.16. The van der Waals surface area contributed by atoms with E-state index in [9.17, 15) is 4.79 Å². The minimum Gasteiger partial charge on any atom is -0.342 e. The van der Waals surface area contributed by atoms with E-state index in [1.165, 1.54) is 0 Å². The third kappa shape index (κ3) is 3.44. The zero-order valence-corrected chi connectivity index (χ0v) is 12.0. The van der Waals surface area contributed by atoms with Crippen LogP contribution in [0.2, 0.25) is 0 Å². The van der Waals surface area contributed by atoms with Crippen molar-refractivity contribution in [2.45, 2.75) is 19.8 Å². The van der Waals surface area contributed by atoms with Gasteiger partial charge < -0.3 is 4.90 Å². The normalized spacial score (nSPS) is 10.3. The molecule has 0 bridgehead atoms. The van der Waals surface area contributed by atoms with Crippen molar-refractivity contribution in [3.8, 4) is 11.3 Å². The Morgan fingerprint density at radius 2 is 1.90 bits per heavy atom. The Labute approximate surface area is 120 Å². The molecule has 0 aliphatic rings. The van der Waals surface area contributed by atoms with Gasteiger partial charge in [0.2, 0.25) is 0 Å². The van der Waals surface area contributed by atoms with Crippen LogP contribution < -0.4 is 0 Å². The fourth-order valence-corrected chi connectivity index (χ4v) is 2.02. The van der Waals surface area contributed by atoms with E-state index in [4.69, 9.17) is 0 Å². The summed E-state index contributed by atoms with van der Waals surface area (Å²) >= 11 is 0. The maximum absolute atomic E-state index is 12.2. The molecule has 0 fully saturated rings. The predicted molar refractivity (Wildman–Crippen MR) is 81.5 cm³/mol. The highest BCUT2D eigenvalue weighted by Gasteiger charge is 2.11. The largest absolute Gasteiger partial charge is 0.342 e. The number of rotatable bonds is 5. The van der Waals surface area contributed by atoms with Crippen molar-refractivity contribution in [1.29, 1.82) is 0 Å². The lowest BCUT2D eigenvalue weighted by Crippen LogP contribution is -2.27. The molecule has 0 aliphatic heterocycles. The number of benzene rings is 1. The van der Waals surface area contributed by atoms with E-state index in [1.54, 1.807) is 11.1 Å². The predicted octanol–water partition coefficient (Wildman–Crippen LogP) is 3.62. The lowest BCUT2D eigenvalue weighted by molar-refractivity contribution is 0.0793. The molecule has 2 rings (SSSR count). The number of aromatic nitrogens is 1. The molecule has 3 nitrogen and oxygen atoms in total. The molecule has 2 aromatic rings. The molecule has 0 spiro atoms. The molecule has 0 unspecified atom stereocenters. The van der Waals surface area contributed by atoms with E-state index in [0.29, 0.717) is 5.56 Å². The Balaban J connectivity index is 2.10. The van der Waals surface area contributed by atoms with Crippen LogP contribution in [0, 0.1) is 0 Å². The van der Waals surface area contributed by atoms with Crippen molar-refractivity contribution in [3.63, 3.8) is 0 Å². The van der Waals surface area contributed by atoms with Crippen LogP contribution in [0.4, 0.5) is 0 Å². The first-order valence-corrected chi connectivity index (χ1v) is 6.99. The molecule has 0 atom stereocenters. The van der Waals surface area contributed by atoms with E-state index >= 15 is 0 Å². The zero-order valence-electron chi connectivity index (χ0n) is 12.0. The minimum atomic E-state index is 0.0329. The summed E-state index contributed by atoms with van der Waals surface area (Å²) in [5.74, 6) is 0.0329. The summed E-state index contributed by atoms with van der Waals surface area (Å²) in [6.45, 7) is 2.91. The van der Waals surface area contributed by atoms with Crippen molar-refractivity contribution in [1.82, 2.24) is 9.88 Å². The highest BCUT2D eigenvalue weighted by Crippen LogP contribution is 2.16.